The van der Waals surface area contributed by atoms with E-state index in [9.17, 15) is 26.4 Å². The molecule has 1 aromatic rings. The van der Waals surface area contributed by atoms with Crippen LogP contribution in [0, 0.1) is 5.82 Å². The summed E-state index contributed by atoms with van der Waals surface area (Å²) in [5.74, 6) is -2.42. The fourth-order valence-corrected chi connectivity index (χ4v) is 2.32. The lowest BCUT2D eigenvalue weighted by Gasteiger charge is -2.07. The van der Waals surface area contributed by atoms with Gasteiger partial charge in [0.1, 0.15) is 10.7 Å². The minimum absolute atomic E-state index is 0.123. The van der Waals surface area contributed by atoms with E-state index in [0.717, 1.165) is 30.4 Å². The minimum atomic E-state index is -4.38. The molecule has 0 unspecified atom stereocenters. The van der Waals surface area contributed by atoms with Crippen LogP contribution < -0.4 is 4.72 Å². The third-order valence-corrected chi connectivity index (χ3v) is 3.55. The monoisotopic (exact) mass is 309 g/mol. The van der Waals surface area contributed by atoms with E-state index in [2.05, 4.69) is 0 Å². The zero-order chi connectivity index (χ0) is 15.3. The molecule has 0 atom stereocenters. The van der Waals surface area contributed by atoms with Crippen molar-refractivity contribution < 1.29 is 31.5 Å². The van der Waals surface area contributed by atoms with Crippen molar-refractivity contribution in [2.24, 2.45) is 0 Å². The Morgan fingerprint density at radius 1 is 1.40 bits per heavy atom. The highest BCUT2D eigenvalue weighted by Gasteiger charge is 2.20. The molecule has 0 radical (unpaired) electrons. The maximum absolute atomic E-state index is 13.6. The van der Waals surface area contributed by atoms with E-state index in [1.54, 1.807) is 4.72 Å². The van der Waals surface area contributed by atoms with Crippen molar-refractivity contribution in [3.63, 3.8) is 0 Å². The summed E-state index contributed by atoms with van der Waals surface area (Å²) < 4.78 is 62.1. The number of hydrogen-bond acceptors (Lipinski definition) is 3. The molecule has 2 N–H and O–H groups in total. The molecule has 1 rings (SSSR count). The van der Waals surface area contributed by atoms with Crippen molar-refractivity contribution in [1.29, 1.82) is 0 Å². The van der Waals surface area contributed by atoms with Crippen LogP contribution in [-0.4, -0.2) is 32.5 Å². The third kappa shape index (κ3) is 4.67. The third-order valence-electron chi connectivity index (χ3n) is 2.09. The Bertz CT molecular complexity index is 629. The van der Waals surface area contributed by atoms with Crippen LogP contribution in [0.15, 0.2) is 29.2 Å². The van der Waals surface area contributed by atoms with Gasteiger partial charge in [0.05, 0.1) is 6.54 Å². The van der Waals surface area contributed by atoms with Crippen LogP contribution in [0.1, 0.15) is 5.56 Å². The molecule has 0 spiro atoms. The molecule has 0 aromatic heterocycles. The maximum Gasteiger partial charge on any atom is 0.328 e. The van der Waals surface area contributed by atoms with Crippen LogP contribution in [0.4, 0.5) is 13.2 Å². The number of aliphatic carboxylic acids is 1. The summed E-state index contributed by atoms with van der Waals surface area (Å²) in [5.41, 5.74) is 0.123. The van der Waals surface area contributed by atoms with Gasteiger partial charge in [-0.15, -0.1) is 0 Å². The number of carboxylic acid groups (broad SMARTS) is 1. The van der Waals surface area contributed by atoms with Gasteiger partial charge < -0.3 is 5.11 Å². The average molecular weight is 309 g/mol. The fourth-order valence-electron chi connectivity index (χ4n) is 1.26. The van der Waals surface area contributed by atoms with Gasteiger partial charge in [-0.1, -0.05) is 6.07 Å². The number of halogens is 3. The Kier molecular flexibility index (Phi) is 5.28. The van der Waals surface area contributed by atoms with Crippen LogP contribution in [-0.2, 0) is 14.8 Å². The second kappa shape index (κ2) is 6.53. The van der Waals surface area contributed by atoms with E-state index in [1.165, 1.54) is 0 Å². The van der Waals surface area contributed by atoms with Crippen LogP contribution in [0.25, 0.3) is 6.08 Å². The first-order valence-corrected chi connectivity index (χ1v) is 6.69. The van der Waals surface area contributed by atoms with Crippen molar-refractivity contribution in [3.05, 3.63) is 35.7 Å². The van der Waals surface area contributed by atoms with Crippen molar-refractivity contribution in [1.82, 2.24) is 4.72 Å². The predicted octanol–water partition coefficient (Wildman–Crippen LogP) is 1.47. The molecule has 1 aromatic carbocycles. The molecule has 5 nitrogen and oxygen atoms in total. The Morgan fingerprint density at radius 2 is 2.05 bits per heavy atom. The molecular weight excluding hydrogens is 299 g/mol. The van der Waals surface area contributed by atoms with E-state index in [4.69, 9.17) is 5.11 Å². The molecule has 0 aliphatic heterocycles. The second-order valence-electron chi connectivity index (χ2n) is 3.60. The minimum Gasteiger partial charge on any atom is -0.478 e. The molecule has 0 aliphatic rings. The molecular formula is C11H10F3NO4S. The zero-order valence-corrected chi connectivity index (χ0v) is 10.7. The van der Waals surface area contributed by atoms with Gasteiger partial charge in [0.25, 0.3) is 6.43 Å². The van der Waals surface area contributed by atoms with Crippen LogP contribution in [0.2, 0.25) is 0 Å². The quantitative estimate of drug-likeness (QED) is 0.779. The Morgan fingerprint density at radius 3 is 2.55 bits per heavy atom. The number of carbonyl (C=O) groups is 1. The van der Waals surface area contributed by atoms with E-state index in [1.807, 2.05) is 0 Å². The molecule has 0 bridgehead atoms. The lowest BCUT2D eigenvalue weighted by molar-refractivity contribution is -0.131. The average Bonchev–Trinajstić information content (AvgIpc) is 2.34. The van der Waals surface area contributed by atoms with Gasteiger partial charge in [0, 0.05) is 6.08 Å². The summed E-state index contributed by atoms with van der Waals surface area (Å²) >= 11 is 0. The maximum atomic E-state index is 13.6. The smallest absolute Gasteiger partial charge is 0.328 e. The molecule has 0 amide bonds. The van der Waals surface area contributed by atoms with Gasteiger partial charge in [-0.3, -0.25) is 0 Å². The lowest BCUT2D eigenvalue weighted by Crippen LogP contribution is -2.29. The van der Waals surface area contributed by atoms with Gasteiger partial charge in [-0.25, -0.2) is 31.1 Å². The van der Waals surface area contributed by atoms with Gasteiger partial charge in [0.2, 0.25) is 10.0 Å². The number of alkyl halides is 2. The number of carboxylic acids is 1. The first kappa shape index (κ1) is 16.2. The van der Waals surface area contributed by atoms with Crippen molar-refractivity contribution in [2.45, 2.75) is 11.3 Å². The van der Waals surface area contributed by atoms with Crippen LogP contribution >= 0.6 is 0 Å². The molecule has 0 heterocycles. The lowest BCUT2D eigenvalue weighted by atomic mass is 10.2. The summed E-state index contributed by atoms with van der Waals surface area (Å²) in [6.07, 6.45) is -1.09. The number of rotatable bonds is 6. The van der Waals surface area contributed by atoms with Crippen molar-refractivity contribution in [3.8, 4) is 0 Å². The number of sulfonamides is 1. The first-order valence-electron chi connectivity index (χ1n) is 5.21. The van der Waals surface area contributed by atoms with Crippen molar-refractivity contribution >= 4 is 22.1 Å². The van der Waals surface area contributed by atoms with Gasteiger partial charge in [-0.2, -0.15) is 0 Å². The largest absolute Gasteiger partial charge is 0.478 e. The summed E-state index contributed by atoms with van der Waals surface area (Å²) in [7, 11) is -4.38. The predicted molar refractivity (Wildman–Crippen MR) is 64.3 cm³/mol. The highest BCUT2D eigenvalue weighted by Crippen LogP contribution is 2.17. The molecule has 0 saturated carbocycles. The van der Waals surface area contributed by atoms with Gasteiger partial charge >= 0.3 is 5.97 Å². The zero-order valence-electron chi connectivity index (χ0n) is 9.89. The Balaban J connectivity index is 3.01. The van der Waals surface area contributed by atoms with E-state index < -0.39 is 39.7 Å². The van der Waals surface area contributed by atoms with E-state index in [0.29, 0.717) is 0 Å². The van der Waals surface area contributed by atoms with Gasteiger partial charge in [0.15, 0.2) is 0 Å². The fraction of sp³-hybridized carbons (Fsp3) is 0.182. The molecule has 20 heavy (non-hydrogen) atoms. The van der Waals surface area contributed by atoms with Crippen LogP contribution in [0.5, 0.6) is 0 Å². The topological polar surface area (TPSA) is 83.5 Å². The number of benzene rings is 1. The number of hydrogen-bond donors (Lipinski definition) is 2. The summed E-state index contributed by atoms with van der Waals surface area (Å²) in [5, 5.41) is 8.39. The SMILES string of the molecule is O=C(O)/C=C/c1ccc(S(=O)(=O)NCC(F)F)c(F)c1. The van der Waals surface area contributed by atoms with Crippen molar-refractivity contribution in [2.75, 3.05) is 6.54 Å². The van der Waals surface area contributed by atoms with E-state index in [-0.39, 0.29) is 5.56 Å². The van der Waals surface area contributed by atoms with Crippen LogP contribution in [0.3, 0.4) is 0 Å². The molecule has 0 fully saturated rings. The highest BCUT2D eigenvalue weighted by molar-refractivity contribution is 7.89. The first-order chi connectivity index (χ1) is 9.22. The normalized spacial score (nSPS) is 12.2. The molecule has 0 saturated heterocycles. The van der Waals surface area contributed by atoms with Gasteiger partial charge in [-0.05, 0) is 23.8 Å². The highest BCUT2D eigenvalue weighted by atomic mass is 32.2. The Labute approximate surface area is 112 Å². The Hall–Kier alpha value is -1.87. The molecule has 9 heteroatoms. The summed E-state index contributed by atoms with van der Waals surface area (Å²) in [6, 6.07) is 2.81. The summed E-state index contributed by atoms with van der Waals surface area (Å²) in [4.78, 5) is 9.49. The molecule has 110 valence electrons. The van der Waals surface area contributed by atoms with E-state index >= 15 is 0 Å². The second-order valence-corrected chi connectivity index (χ2v) is 5.34. The standard InChI is InChI=1S/C11H10F3NO4S/c12-8-5-7(2-4-11(16)17)1-3-9(8)20(18,19)15-6-10(13)14/h1-5,10,15H,6H2,(H,16,17)/b4-2+. The molecule has 0 aliphatic carbocycles. The number of nitrogens with one attached hydrogen (secondary N) is 1. The summed E-state index contributed by atoms with van der Waals surface area (Å²) in [6.45, 7) is -1.12.